The molecule has 0 saturated heterocycles. The van der Waals surface area contributed by atoms with E-state index < -0.39 is 6.16 Å². The minimum absolute atomic E-state index is 0.988. The topological polar surface area (TPSA) is 64.3 Å². The molecule has 0 amide bonds. The molecule has 5 nitrogen and oxygen atoms in total. The number of imidazole rings is 1. The lowest BCUT2D eigenvalue weighted by molar-refractivity contribution is 0.0815. The molecule has 1 aromatic heterocycles. The van der Waals surface area contributed by atoms with Crippen molar-refractivity contribution in [1.82, 2.24) is 9.71 Å². The second kappa shape index (κ2) is 2.17. The van der Waals surface area contributed by atoms with Crippen LogP contribution in [0.4, 0.5) is 4.79 Å². The largest absolute Gasteiger partial charge is 0.531 e. The lowest BCUT2D eigenvalue weighted by atomic mass is 11.0. The van der Waals surface area contributed by atoms with Crippen LogP contribution >= 0.6 is 0 Å². The molecule has 1 heterocycles. The quantitative estimate of drug-likeness (QED) is 0.577. The van der Waals surface area contributed by atoms with Gasteiger partial charge in [-0.05, 0) is 0 Å². The average molecular weight is 128 g/mol. The Kier molecular flexibility index (Phi) is 1.35. The van der Waals surface area contributed by atoms with Gasteiger partial charge in [-0.2, -0.15) is 4.73 Å². The molecule has 0 atom stereocenters. The highest BCUT2D eigenvalue weighted by atomic mass is 16.8. The molecular weight excluding hydrogens is 124 g/mol. The Labute approximate surface area is 50.5 Å². The summed E-state index contributed by atoms with van der Waals surface area (Å²) >= 11 is 0. The van der Waals surface area contributed by atoms with Gasteiger partial charge in [-0.3, -0.25) is 0 Å². The predicted molar refractivity (Wildman–Crippen MR) is 26.8 cm³/mol. The molecule has 5 heteroatoms. The van der Waals surface area contributed by atoms with Crippen molar-refractivity contribution >= 4 is 6.16 Å². The summed E-state index contributed by atoms with van der Waals surface area (Å²) in [5, 5.41) is 8.01. The SMILES string of the molecule is O=C(O)On1ccnc1. The summed E-state index contributed by atoms with van der Waals surface area (Å²) in [4.78, 5) is 17.5. The summed E-state index contributed by atoms with van der Waals surface area (Å²) in [5.41, 5.74) is 0. The van der Waals surface area contributed by atoms with Crippen LogP contribution in [-0.4, -0.2) is 21.0 Å². The Balaban J connectivity index is 2.58. The molecule has 0 aromatic carbocycles. The highest BCUT2D eigenvalue weighted by Crippen LogP contribution is 1.79. The van der Waals surface area contributed by atoms with Gasteiger partial charge in [0.25, 0.3) is 0 Å². The first-order chi connectivity index (χ1) is 4.29. The zero-order chi connectivity index (χ0) is 6.69. The summed E-state index contributed by atoms with van der Waals surface area (Å²) in [6.45, 7) is 0. The molecule has 9 heavy (non-hydrogen) atoms. The smallest absolute Gasteiger partial charge is 0.448 e. The molecule has 0 aliphatic heterocycles. The molecule has 0 saturated carbocycles. The van der Waals surface area contributed by atoms with Gasteiger partial charge in [0, 0.05) is 6.20 Å². The van der Waals surface area contributed by atoms with Crippen molar-refractivity contribution in [3.63, 3.8) is 0 Å². The number of nitrogens with zero attached hydrogens (tertiary/aromatic N) is 2. The van der Waals surface area contributed by atoms with E-state index in [1.165, 1.54) is 18.7 Å². The van der Waals surface area contributed by atoms with E-state index >= 15 is 0 Å². The van der Waals surface area contributed by atoms with Crippen molar-refractivity contribution in [2.75, 3.05) is 0 Å². The molecule has 0 bridgehead atoms. The van der Waals surface area contributed by atoms with E-state index in [1.807, 2.05) is 0 Å². The Bertz CT molecular complexity index is 194. The van der Waals surface area contributed by atoms with Crippen LogP contribution in [-0.2, 0) is 0 Å². The van der Waals surface area contributed by atoms with Crippen LogP contribution in [0.5, 0.6) is 0 Å². The minimum Gasteiger partial charge on any atom is -0.448 e. The third-order valence-electron chi connectivity index (χ3n) is 0.664. The van der Waals surface area contributed by atoms with Crippen molar-refractivity contribution in [1.29, 1.82) is 0 Å². The van der Waals surface area contributed by atoms with E-state index in [0.29, 0.717) is 0 Å². The van der Waals surface area contributed by atoms with Crippen LogP contribution in [0.15, 0.2) is 18.7 Å². The number of hydrogen-bond donors (Lipinski definition) is 1. The van der Waals surface area contributed by atoms with Crippen molar-refractivity contribution < 1.29 is 14.7 Å². The maximum absolute atomic E-state index is 9.80. The third-order valence-corrected chi connectivity index (χ3v) is 0.664. The van der Waals surface area contributed by atoms with Gasteiger partial charge >= 0.3 is 6.16 Å². The Hall–Kier alpha value is -1.52. The van der Waals surface area contributed by atoms with Gasteiger partial charge in [0.1, 0.15) is 6.33 Å². The average Bonchev–Trinajstić information content (AvgIpc) is 2.15. The molecule has 1 aromatic rings. The molecule has 0 spiro atoms. The second-order valence-electron chi connectivity index (χ2n) is 1.28. The van der Waals surface area contributed by atoms with E-state index in [-0.39, 0.29) is 0 Å². The second-order valence-corrected chi connectivity index (χ2v) is 1.28. The maximum atomic E-state index is 9.80. The summed E-state index contributed by atoms with van der Waals surface area (Å²) in [6, 6.07) is 0. The molecule has 0 aliphatic rings. The molecule has 0 radical (unpaired) electrons. The number of rotatable bonds is 1. The number of hydrogen-bond acceptors (Lipinski definition) is 3. The fourth-order valence-electron chi connectivity index (χ4n) is 0.391. The van der Waals surface area contributed by atoms with E-state index in [1.54, 1.807) is 0 Å². The van der Waals surface area contributed by atoms with E-state index in [0.717, 1.165) is 4.73 Å². The van der Waals surface area contributed by atoms with Crippen LogP contribution in [0.3, 0.4) is 0 Å². The summed E-state index contributed by atoms with van der Waals surface area (Å²) in [7, 11) is 0. The van der Waals surface area contributed by atoms with Crippen molar-refractivity contribution in [2.45, 2.75) is 0 Å². The zero-order valence-electron chi connectivity index (χ0n) is 4.39. The molecule has 0 aliphatic carbocycles. The maximum Gasteiger partial charge on any atom is 0.531 e. The summed E-state index contributed by atoms with van der Waals surface area (Å²) in [5.74, 6) is 0. The lowest BCUT2D eigenvalue weighted by Crippen LogP contribution is -2.15. The molecular formula is C4H4N2O3. The standard InChI is InChI=1S/C4H4N2O3/c7-4(8)9-6-2-1-5-3-6/h1-3H,(H,7,8). The van der Waals surface area contributed by atoms with Gasteiger partial charge in [-0.15, -0.1) is 0 Å². The Morgan fingerprint density at radius 2 is 2.56 bits per heavy atom. The molecule has 0 unspecified atom stereocenters. The molecule has 48 valence electrons. The summed E-state index contributed by atoms with van der Waals surface area (Å²) in [6.07, 6.45) is 2.69. The highest BCUT2D eigenvalue weighted by Gasteiger charge is 1.95. The number of carbonyl (C=O) groups is 1. The highest BCUT2D eigenvalue weighted by molar-refractivity contribution is 5.57. The number of aromatic nitrogens is 2. The first-order valence-corrected chi connectivity index (χ1v) is 2.18. The van der Waals surface area contributed by atoms with Crippen LogP contribution in [0.1, 0.15) is 0 Å². The normalized spacial score (nSPS) is 8.89. The minimum atomic E-state index is -1.35. The lowest BCUT2D eigenvalue weighted by Gasteiger charge is -1.94. The zero-order valence-corrected chi connectivity index (χ0v) is 4.39. The van der Waals surface area contributed by atoms with Gasteiger partial charge in [0.05, 0.1) is 6.20 Å². The Morgan fingerprint density at radius 1 is 1.78 bits per heavy atom. The summed E-state index contributed by atoms with van der Waals surface area (Å²) < 4.78 is 0.988. The van der Waals surface area contributed by atoms with Gasteiger partial charge in [-0.1, -0.05) is 0 Å². The van der Waals surface area contributed by atoms with Gasteiger partial charge in [0.15, 0.2) is 0 Å². The van der Waals surface area contributed by atoms with Gasteiger partial charge < -0.3 is 9.94 Å². The van der Waals surface area contributed by atoms with Crippen molar-refractivity contribution in [3.8, 4) is 0 Å². The Morgan fingerprint density at radius 3 is 3.00 bits per heavy atom. The van der Waals surface area contributed by atoms with Crippen LogP contribution < -0.4 is 4.84 Å². The van der Waals surface area contributed by atoms with Crippen LogP contribution in [0.25, 0.3) is 0 Å². The van der Waals surface area contributed by atoms with Gasteiger partial charge in [0.2, 0.25) is 0 Å². The van der Waals surface area contributed by atoms with Crippen LogP contribution in [0, 0.1) is 0 Å². The fourth-order valence-corrected chi connectivity index (χ4v) is 0.391. The number of carboxylic acid groups (broad SMARTS) is 1. The van der Waals surface area contributed by atoms with E-state index in [4.69, 9.17) is 5.11 Å². The predicted octanol–water partition coefficient (Wildman–Crippen LogP) is -0.0103. The monoisotopic (exact) mass is 128 g/mol. The first-order valence-electron chi connectivity index (χ1n) is 2.18. The van der Waals surface area contributed by atoms with Gasteiger partial charge in [-0.25, -0.2) is 9.78 Å². The molecule has 1 rings (SSSR count). The van der Waals surface area contributed by atoms with Crippen LogP contribution in [0.2, 0.25) is 0 Å². The molecule has 1 N–H and O–H groups in total. The van der Waals surface area contributed by atoms with Crippen molar-refractivity contribution in [3.05, 3.63) is 18.7 Å². The third kappa shape index (κ3) is 1.45. The van der Waals surface area contributed by atoms with E-state index in [9.17, 15) is 4.79 Å². The first kappa shape index (κ1) is 5.61. The molecule has 0 fully saturated rings. The fraction of sp³-hybridized carbons (Fsp3) is 0. The van der Waals surface area contributed by atoms with E-state index in [2.05, 4.69) is 9.82 Å². The van der Waals surface area contributed by atoms with Crippen molar-refractivity contribution in [2.24, 2.45) is 0 Å².